The largest absolute Gasteiger partial charge is 0.419 e. The van der Waals surface area contributed by atoms with Gasteiger partial charge in [0.25, 0.3) is 5.91 Å². The predicted molar refractivity (Wildman–Crippen MR) is 102 cm³/mol. The van der Waals surface area contributed by atoms with E-state index in [9.17, 15) is 18.0 Å². The second kappa shape index (κ2) is 9.27. The third-order valence-electron chi connectivity index (χ3n) is 4.41. The Kier molecular flexibility index (Phi) is 6.77. The van der Waals surface area contributed by atoms with Crippen LogP contribution in [0.4, 0.5) is 19.0 Å². The molecule has 0 saturated heterocycles. The maximum atomic E-state index is 13.0. The summed E-state index contributed by atoms with van der Waals surface area (Å²) in [5.41, 5.74) is -0.336. The van der Waals surface area contributed by atoms with E-state index in [1.807, 2.05) is 0 Å². The summed E-state index contributed by atoms with van der Waals surface area (Å²) in [6.45, 7) is 0.284. The van der Waals surface area contributed by atoms with Crippen LogP contribution in [-0.4, -0.2) is 34.2 Å². The maximum Gasteiger partial charge on any atom is 0.419 e. The zero-order chi connectivity index (χ0) is 20.0. The Balaban J connectivity index is 1.54. The SMILES string of the molecule is O=C(NCCNc1ncccc1C(F)(F)F)c1cccnc1SC1CCCC1. The number of pyridine rings is 2. The van der Waals surface area contributed by atoms with Gasteiger partial charge in [-0.1, -0.05) is 12.8 Å². The molecule has 0 aromatic carbocycles. The molecule has 1 fully saturated rings. The van der Waals surface area contributed by atoms with E-state index in [0.29, 0.717) is 15.8 Å². The number of amides is 1. The molecule has 9 heteroatoms. The van der Waals surface area contributed by atoms with Crippen LogP contribution in [0.3, 0.4) is 0 Å². The van der Waals surface area contributed by atoms with Crippen LogP contribution in [0.25, 0.3) is 0 Å². The van der Waals surface area contributed by atoms with Crippen molar-refractivity contribution in [2.45, 2.75) is 42.1 Å². The zero-order valence-corrected chi connectivity index (χ0v) is 15.9. The van der Waals surface area contributed by atoms with Crippen molar-refractivity contribution in [2.24, 2.45) is 0 Å². The molecule has 0 aliphatic heterocycles. The van der Waals surface area contributed by atoms with Gasteiger partial charge in [-0.2, -0.15) is 13.2 Å². The van der Waals surface area contributed by atoms with Crippen LogP contribution in [0.2, 0.25) is 0 Å². The fourth-order valence-corrected chi connectivity index (χ4v) is 4.34. The topological polar surface area (TPSA) is 66.9 Å². The zero-order valence-electron chi connectivity index (χ0n) is 15.1. The first kappa shape index (κ1) is 20.4. The minimum absolute atomic E-state index is 0.122. The van der Waals surface area contributed by atoms with E-state index in [0.717, 1.165) is 18.9 Å². The molecule has 1 saturated carbocycles. The van der Waals surface area contributed by atoms with Crippen LogP contribution in [0, 0.1) is 0 Å². The third kappa shape index (κ3) is 5.37. The number of aromatic nitrogens is 2. The lowest BCUT2D eigenvalue weighted by atomic mass is 10.2. The first-order chi connectivity index (χ1) is 13.4. The van der Waals surface area contributed by atoms with Crippen LogP contribution in [0.5, 0.6) is 0 Å². The second-order valence-electron chi connectivity index (χ2n) is 6.46. The Labute approximate surface area is 165 Å². The quantitative estimate of drug-likeness (QED) is 0.664. The van der Waals surface area contributed by atoms with Gasteiger partial charge in [0.05, 0.1) is 11.1 Å². The monoisotopic (exact) mass is 410 g/mol. The van der Waals surface area contributed by atoms with Crippen molar-refractivity contribution in [1.29, 1.82) is 0 Å². The average molecular weight is 410 g/mol. The van der Waals surface area contributed by atoms with Gasteiger partial charge in [0.1, 0.15) is 10.8 Å². The van der Waals surface area contributed by atoms with Crippen LogP contribution in [0.1, 0.15) is 41.6 Å². The fraction of sp³-hybridized carbons (Fsp3) is 0.421. The van der Waals surface area contributed by atoms with Crippen molar-refractivity contribution in [3.63, 3.8) is 0 Å². The number of nitrogens with one attached hydrogen (secondary N) is 2. The Bertz CT molecular complexity index is 810. The van der Waals surface area contributed by atoms with Gasteiger partial charge in [-0.25, -0.2) is 9.97 Å². The normalized spacial score (nSPS) is 14.8. The van der Waals surface area contributed by atoms with Crippen molar-refractivity contribution in [1.82, 2.24) is 15.3 Å². The summed E-state index contributed by atoms with van der Waals surface area (Å²) >= 11 is 1.62. The standard InChI is InChI=1S/C19H21F3N4OS/c20-19(21,22)15-8-4-9-23-16(15)24-11-12-25-17(27)14-7-3-10-26-18(14)28-13-5-1-2-6-13/h3-4,7-10,13H,1-2,5-6,11-12H2,(H,23,24)(H,25,27). The number of hydrogen-bond donors (Lipinski definition) is 2. The van der Waals surface area contributed by atoms with Crippen molar-refractivity contribution < 1.29 is 18.0 Å². The maximum absolute atomic E-state index is 13.0. The number of thioether (sulfide) groups is 1. The van der Waals surface area contributed by atoms with Crippen LogP contribution in [-0.2, 0) is 6.18 Å². The van der Waals surface area contributed by atoms with E-state index in [1.165, 1.54) is 25.1 Å². The summed E-state index contributed by atoms with van der Waals surface area (Å²) < 4.78 is 38.9. The number of rotatable bonds is 7. The van der Waals surface area contributed by atoms with Gasteiger partial charge in [0.15, 0.2) is 0 Å². The second-order valence-corrected chi connectivity index (χ2v) is 7.75. The van der Waals surface area contributed by atoms with Crippen molar-refractivity contribution >= 4 is 23.5 Å². The van der Waals surface area contributed by atoms with Crippen molar-refractivity contribution in [3.8, 4) is 0 Å². The average Bonchev–Trinajstić information content (AvgIpc) is 3.18. The van der Waals surface area contributed by atoms with E-state index in [4.69, 9.17) is 0 Å². The lowest BCUT2D eigenvalue weighted by molar-refractivity contribution is -0.137. The minimum Gasteiger partial charge on any atom is -0.368 e. The fourth-order valence-electron chi connectivity index (χ4n) is 3.05. The molecule has 0 atom stereocenters. The summed E-state index contributed by atoms with van der Waals surface area (Å²) in [6.07, 6.45) is 3.11. The molecule has 2 aromatic heterocycles. The van der Waals surface area contributed by atoms with E-state index >= 15 is 0 Å². The van der Waals surface area contributed by atoms with Gasteiger partial charge in [0, 0.05) is 30.7 Å². The molecular formula is C19H21F3N4OS. The predicted octanol–water partition coefficient (Wildman–Crippen LogP) is 4.37. The summed E-state index contributed by atoms with van der Waals surface area (Å²) in [5.74, 6) is -0.532. The number of carbonyl (C=O) groups is 1. The van der Waals surface area contributed by atoms with Crippen LogP contribution >= 0.6 is 11.8 Å². The number of carbonyl (C=O) groups excluding carboxylic acids is 1. The molecule has 2 N–H and O–H groups in total. The lowest BCUT2D eigenvalue weighted by Crippen LogP contribution is -2.30. The third-order valence-corrected chi connectivity index (χ3v) is 5.77. The van der Waals surface area contributed by atoms with Gasteiger partial charge in [-0.15, -0.1) is 11.8 Å². The summed E-state index contributed by atoms with van der Waals surface area (Å²) in [6, 6.07) is 5.63. The molecule has 0 radical (unpaired) electrons. The molecule has 28 heavy (non-hydrogen) atoms. The van der Waals surface area contributed by atoms with E-state index in [-0.39, 0.29) is 24.8 Å². The van der Waals surface area contributed by atoms with E-state index in [2.05, 4.69) is 20.6 Å². The molecule has 150 valence electrons. The van der Waals surface area contributed by atoms with E-state index < -0.39 is 11.7 Å². The molecule has 2 aromatic rings. The highest BCUT2D eigenvalue weighted by atomic mass is 32.2. The Morgan fingerprint density at radius 3 is 2.57 bits per heavy atom. The molecule has 1 aliphatic carbocycles. The molecule has 0 unspecified atom stereocenters. The highest BCUT2D eigenvalue weighted by Gasteiger charge is 2.33. The molecule has 0 spiro atoms. The smallest absolute Gasteiger partial charge is 0.368 e. The van der Waals surface area contributed by atoms with Gasteiger partial charge >= 0.3 is 6.18 Å². The molecule has 1 aliphatic rings. The number of halogens is 3. The molecule has 2 heterocycles. The molecule has 0 bridgehead atoms. The highest BCUT2D eigenvalue weighted by Crippen LogP contribution is 2.35. The first-order valence-corrected chi connectivity index (χ1v) is 9.99. The molecule has 3 rings (SSSR count). The van der Waals surface area contributed by atoms with Crippen LogP contribution in [0.15, 0.2) is 41.7 Å². The van der Waals surface area contributed by atoms with Crippen LogP contribution < -0.4 is 10.6 Å². The highest BCUT2D eigenvalue weighted by molar-refractivity contribution is 7.99. The molecule has 5 nitrogen and oxygen atoms in total. The molecule has 1 amide bonds. The lowest BCUT2D eigenvalue weighted by Gasteiger charge is -2.14. The summed E-state index contributed by atoms with van der Waals surface area (Å²) in [4.78, 5) is 20.6. The Morgan fingerprint density at radius 1 is 1.11 bits per heavy atom. The number of hydrogen-bond acceptors (Lipinski definition) is 5. The van der Waals surface area contributed by atoms with Gasteiger partial charge < -0.3 is 10.6 Å². The number of anilines is 1. The van der Waals surface area contributed by atoms with Gasteiger partial charge in [-0.3, -0.25) is 4.79 Å². The van der Waals surface area contributed by atoms with Gasteiger partial charge in [0.2, 0.25) is 0 Å². The van der Waals surface area contributed by atoms with Crippen molar-refractivity contribution in [2.75, 3.05) is 18.4 Å². The Morgan fingerprint density at radius 2 is 1.82 bits per heavy atom. The number of nitrogens with zero attached hydrogens (tertiary/aromatic N) is 2. The van der Waals surface area contributed by atoms with Gasteiger partial charge in [-0.05, 0) is 37.1 Å². The van der Waals surface area contributed by atoms with Crippen molar-refractivity contribution in [3.05, 3.63) is 47.8 Å². The Hall–Kier alpha value is -2.29. The van der Waals surface area contributed by atoms with E-state index in [1.54, 1.807) is 30.1 Å². The summed E-state index contributed by atoms with van der Waals surface area (Å²) in [7, 11) is 0. The summed E-state index contributed by atoms with van der Waals surface area (Å²) in [5, 5.41) is 6.54. The number of alkyl halides is 3. The first-order valence-electron chi connectivity index (χ1n) is 9.11. The minimum atomic E-state index is -4.48. The molecular weight excluding hydrogens is 389 g/mol.